The van der Waals surface area contributed by atoms with Gasteiger partial charge in [-0.15, -0.1) is 0 Å². The molecule has 0 aliphatic carbocycles. The Morgan fingerprint density at radius 3 is 2.68 bits per heavy atom. The van der Waals surface area contributed by atoms with Gasteiger partial charge >= 0.3 is 0 Å². The predicted octanol–water partition coefficient (Wildman–Crippen LogP) is 3.59. The van der Waals surface area contributed by atoms with Crippen LogP contribution in [0.5, 0.6) is 0 Å². The van der Waals surface area contributed by atoms with Crippen molar-refractivity contribution in [1.29, 1.82) is 0 Å². The minimum atomic E-state index is -0.633. The standard InChI is InChI=1S/C14H9F2N3/c15-12-2-1-3-13(16)11(12)8-17-10-5-4-9-7-18-19-14(9)6-10/h1-8H,(H,18,19). The van der Waals surface area contributed by atoms with Gasteiger partial charge < -0.3 is 0 Å². The number of aromatic amines is 1. The smallest absolute Gasteiger partial charge is 0.134 e. The maximum Gasteiger partial charge on any atom is 0.134 e. The van der Waals surface area contributed by atoms with E-state index in [2.05, 4.69) is 15.2 Å². The second-order valence-corrected chi connectivity index (χ2v) is 4.04. The van der Waals surface area contributed by atoms with Crippen LogP contribution in [-0.4, -0.2) is 16.4 Å². The molecule has 0 radical (unpaired) electrons. The van der Waals surface area contributed by atoms with Crippen LogP contribution in [-0.2, 0) is 0 Å². The number of rotatable bonds is 2. The van der Waals surface area contributed by atoms with Crippen molar-refractivity contribution in [2.75, 3.05) is 0 Å². The second-order valence-electron chi connectivity index (χ2n) is 4.04. The van der Waals surface area contributed by atoms with Crippen molar-refractivity contribution >= 4 is 22.8 Å². The summed E-state index contributed by atoms with van der Waals surface area (Å²) in [5.41, 5.74) is 1.27. The van der Waals surface area contributed by atoms with E-state index in [9.17, 15) is 8.78 Å². The van der Waals surface area contributed by atoms with Gasteiger partial charge in [-0.2, -0.15) is 5.10 Å². The van der Waals surface area contributed by atoms with Crippen LogP contribution in [0.2, 0.25) is 0 Å². The lowest BCUT2D eigenvalue weighted by Gasteiger charge is -1.98. The van der Waals surface area contributed by atoms with Gasteiger partial charge in [0.2, 0.25) is 0 Å². The third-order valence-corrected chi connectivity index (χ3v) is 2.77. The molecule has 94 valence electrons. The van der Waals surface area contributed by atoms with E-state index in [1.54, 1.807) is 18.3 Å². The van der Waals surface area contributed by atoms with Crippen molar-refractivity contribution in [3.05, 3.63) is 59.8 Å². The molecule has 5 heteroatoms. The Hall–Kier alpha value is -2.56. The Bertz CT molecular complexity index is 742. The monoisotopic (exact) mass is 257 g/mol. The Morgan fingerprint density at radius 2 is 1.89 bits per heavy atom. The molecule has 0 amide bonds. The van der Waals surface area contributed by atoms with Crippen LogP contribution in [0.15, 0.2) is 47.6 Å². The minimum absolute atomic E-state index is 0.146. The van der Waals surface area contributed by atoms with Crippen molar-refractivity contribution in [3.63, 3.8) is 0 Å². The maximum absolute atomic E-state index is 13.4. The lowest BCUT2D eigenvalue weighted by atomic mass is 10.2. The topological polar surface area (TPSA) is 41.0 Å². The average molecular weight is 257 g/mol. The molecule has 1 aromatic heterocycles. The number of H-pyrrole nitrogens is 1. The van der Waals surface area contributed by atoms with E-state index in [1.807, 2.05) is 6.07 Å². The fourth-order valence-corrected chi connectivity index (χ4v) is 1.78. The van der Waals surface area contributed by atoms with E-state index in [0.29, 0.717) is 5.69 Å². The number of nitrogens with one attached hydrogen (secondary N) is 1. The molecule has 3 nitrogen and oxygen atoms in total. The van der Waals surface area contributed by atoms with Gasteiger partial charge in [-0.3, -0.25) is 10.1 Å². The van der Waals surface area contributed by atoms with E-state index >= 15 is 0 Å². The van der Waals surface area contributed by atoms with Gasteiger partial charge in [-0.1, -0.05) is 6.07 Å². The highest BCUT2D eigenvalue weighted by molar-refractivity contribution is 5.85. The van der Waals surface area contributed by atoms with E-state index in [0.717, 1.165) is 10.9 Å². The molecule has 0 saturated heterocycles. The predicted molar refractivity (Wildman–Crippen MR) is 69.7 cm³/mol. The average Bonchev–Trinajstić information content (AvgIpc) is 2.85. The fraction of sp³-hybridized carbons (Fsp3) is 0. The SMILES string of the molecule is Fc1cccc(F)c1C=Nc1ccc2cn[nH]c2c1. The normalized spacial score (nSPS) is 11.5. The Balaban J connectivity index is 1.97. The van der Waals surface area contributed by atoms with Crippen LogP contribution in [0, 0.1) is 11.6 Å². The number of halogens is 2. The summed E-state index contributed by atoms with van der Waals surface area (Å²) in [7, 11) is 0. The zero-order chi connectivity index (χ0) is 13.2. The number of nitrogens with zero attached hydrogens (tertiary/aromatic N) is 2. The lowest BCUT2D eigenvalue weighted by Crippen LogP contribution is -1.92. The van der Waals surface area contributed by atoms with Crippen LogP contribution >= 0.6 is 0 Å². The number of hydrogen-bond acceptors (Lipinski definition) is 2. The first kappa shape index (κ1) is 11.5. The summed E-state index contributed by atoms with van der Waals surface area (Å²) < 4.78 is 26.8. The quantitative estimate of drug-likeness (QED) is 0.700. The molecular formula is C14H9F2N3. The van der Waals surface area contributed by atoms with Crippen LogP contribution in [0.4, 0.5) is 14.5 Å². The van der Waals surface area contributed by atoms with Gasteiger partial charge in [-0.25, -0.2) is 8.78 Å². The zero-order valence-corrected chi connectivity index (χ0v) is 9.77. The highest BCUT2D eigenvalue weighted by Gasteiger charge is 2.05. The van der Waals surface area contributed by atoms with Crippen molar-refractivity contribution < 1.29 is 8.78 Å². The molecule has 0 unspecified atom stereocenters. The van der Waals surface area contributed by atoms with Crippen molar-refractivity contribution in [2.45, 2.75) is 0 Å². The van der Waals surface area contributed by atoms with E-state index in [1.165, 1.54) is 24.4 Å². The minimum Gasteiger partial charge on any atom is -0.278 e. The largest absolute Gasteiger partial charge is 0.278 e. The van der Waals surface area contributed by atoms with Crippen LogP contribution in [0.3, 0.4) is 0 Å². The fourth-order valence-electron chi connectivity index (χ4n) is 1.78. The zero-order valence-electron chi connectivity index (χ0n) is 9.77. The molecule has 3 aromatic rings. The summed E-state index contributed by atoms with van der Waals surface area (Å²) in [5, 5.41) is 7.66. The van der Waals surface area contributed by atoms with E-state index < -0.39 is 11.6 Å². The molecule has 3 rings (SSSR count). The Morgan fingerprint density at radius 1 is 1.11 bits per heavy atom. The maximum atomic E-state index is 13.4. The summed E-state index contributed by atoms with van der Waals surface area (Å²) in [6.07, 6.45) is 2.88. The molecule has 1 heterocycles. The lowest BCUT2D eigenvalue weighted by molar-refractivity contribution is 0.580. The number of aromatic nitrogens is 2. The number of fused-ring (bicyclic) bond motifs is 1. The van der Waals surface area contributed by atoms with Gasteiger partial charge in [0.25, 0.3) is 0 Å². The van der Waals surface area contributed by atoms with Crippen LogP contribution < -0.4 is 0 Å². The van der Waals surface area contributed by atoms with Crippen molar-refractivity contribution in [1.82, 2.24) is 10.2 Å². The molecule has 19 heavy (non-hydrogen) atoms. The van der Waals surface area contributed by atoms with Crippen LogP contribution in [0.25, 0.3) is 10.9 Å². The third kappa shape index (κ3) is 2.22. The van der Waals surface area contributed by atoms with Crippen molar-refractivity contribution in [2.24, 2.45) is 4.99 Å². The molecule has 0 atom stereocenters. The summed E-state index contributed by atoms with van der Waals surface area (Å²) >= 11 is 0. The molecule has 2 aromatic carbocycles. The van der Waals surface area contributed by atoms with E-state index in [4.69, 9.17) is 0 Å². The second kappa shape index (κ2) is 4.61. The molecule has 0 fully saturated rings. The van der Waals surface area contributed by atoms with Gasteiger partial charge in [0.1, 0.15) is 11.6 Å². The molecular weight excluding hydrogens is 248 g/mol. The number of benzene rings is 2. The first-order valence-electron chi connectivity index (χ1n) is 5.65. The first-order valence-corrected chi connectivity index (χ1v) is 5.65. The van der Waals surface area contributed by atoms with Crippen LogP contribution in [0.1, 0.15) is 5.56 Å². The molecule has 0 spiro atoms. The van der Waals surface area contributed by atoms with Gasteiger partial charge in [-0.05, 0) is 30.3 Å². The summed E-state index contributed by atoms with van der Waals surface area (Å²) in [6.45, 7) is 0. The molecule has 0 aliphatic heterocycles. The Labute approximate surface area is 107 Å². The highest BCUT2D eigenvalue weighted by Crippen LogP contribution is 2.19. The molecule has 1 N–H and O–H groups in total. The van der Waals surface area contributed by atoms with Gasteiger partial charge in [0, 0.05) is 11.6 Å². The first-order chi connectivity index (χ1) is 9.24. The third-order valence-electron chi connectivity index (χ3n) is 2.77. The number of aliphatic imine (C=N–C) groups is 1. The van der Waals surface area contributed by atoms with E-state index in [-0.39, 0.29) is 5.56 Å². The highest BCUT2D eigenvalue weighted by atomic mass is 19.1. The number of hydrogen-bond donors (Lipinski definition) is 1. The van der Waals surface area contributed by atoms with Gasteiger partial charge in [0.15, 0.2) is 0 Å². The summed E-state index contributed by atoms with van der Waals surface area (Å²) in [4.78, 5) is 4.08. The molecule has 0 bridgehead atoms. The molecule has 0 saturated carbocycles. The van der Waals surface area contributed by atoms with Gasteiger partial charge in [0.05, 0.1) is 23.0 Å². The summed E-state index contributed by atoms with van der Waals surface area (Å²) in [5.74, 6) is -1.27. The molecule has 0 aliphatic rings. The summed E-state index contributed by atoms with van der Waals surface area (Å²) in [6, 6.07) is 9.07. The Kier molecular flexibility index (Phi) is 2.79. The van der Waals surface area contributed by atoms with Crippen molar-refractivity contribution in [3.8, 4) is 0 Å².